The highest BCUT2D eigenvalue weighted by Crippen LogP contribution is 2.25. The Hall–Kier alpha value is 0.430. The van der Waals surface area contributed by atoms with Gasteiger partial charge in [-0.2, -0.15) is 0 Å². The minimum absolute atomic E-state index is 0.560. The van der Waals surface area contributed by atoms with Crippen LogP contribution in [0.3, 0.4) is 0 Å². The van der Waals surface area contributed by atoms with E-state index in [1.807, 2.05) is 0 Å². The van der Waals surface area contributed by atoms with Crippen LogP contribution in [0.4, 0.5) is 0 Å². The van der Waals surface area contributed by atoms with Crippen LogP contribution in [0.15, 0.2) is 0 Å². The number of rotatable bonds is 5. The Morgan fingerprint density at radius 2 is 1.73 bits per heavy atom. The first kappa shape index (κ1) is 11.4. The molecule has 0 aromatic heterocycles. The molecule has 0 spiro atoms. The van der Waals surface area contributed by atoms with Crippen LogP contribution < -0.4 is 0 Å². The first-order valence-electron chi connectivity index (χ1n) is 4.77. The molecule has 0 nitrogen and oxygen atoms in total. The predicted octanol–water partition coefficient (Wildman–Crippen LogP) is 3.90. The van der Waals surface area contributed by atoms with Gasteiger partial charge in [0.1, 0.15) is 0 Å². The quantitative estimate of drug-likeness (QED) is 0.438. The molecule has 0 fully saturated rings. The van der Waals surface area contributed by atoms with Gasteiger partial charge in [0.15, 0.2) is 0 Å². The van der Waals surface area contributed by atoms with E-state index in [9.17, 15) is 0 Å². The van der Waals surface area contributed by atoms with Crippen molar-refractivity contribution in [1.29, 1.82) is 0 Å². The Morgan fingerprint density at radius 3 is 2.18 bits per heavy atom. The van der Waals surface area contributed by atoms with Crippen molar-refractivity contribution in [3.8, 4) is 0 Å². The zero-order valence-corrected chi connectivity index (χ0v) is 9.54. The van der Waals surface area contributed by atoms with Gasteiger partial charge in [-0.15, -0.1) is 8.58 Å². The minimum Gasteiger partial charge on any atom is -0.122 e. The summed E-state index contributed by atoms with van der Waals surface area (Å²) in [5.41, 5.74) is 0.560. The molecule has 68 valence electrons. The zero-order valence-electron chi connectivity index (χ0n) is 8.54. The van der Waals surface area contributed by atoms with Crippen molar-refractivity contribution in [1.82, 2.24) is 0 Å². The largest absolute Gasteiger partial charge is 0.122 e. The van der Waals surface area contributed by atoms with Crippen LogP contribution in [0.2, 0.25) is 0 Å². The first-order valence-corrected chi connectivity index (χ1v) is 6.18. The van der Waals surface area contributed by atoms with Gasteiger partial charge in [-0.25, -0.2) is 0 Å². The maximum absolute atomic E-state index is 2.33. The van der Waals surface area contributed by atoms with E-state index in [4.69, 9.17) is 0 Å². The van der Waals surface area contributed by atoms with Gasteiger partial charge in [-0.3, -0.25) is 0 Å². The smallest absolute Gasteiger partial charge is 0.0304 e. The summed E-state index contributed by atoms with van der Waals surface area (Å²) in [7, 11) is 1.19. The fourth-order valence-electron chi connectivity index (χ4n) is 0.963. The fraction of sp³-hybridized carbons (Fsp3) is 1.00. The average Bonchev–Trinajstić information content (AvgIpc) is 1.85. The lowest BCUT2D eigenvalue weighted by molar-refractivity contribution is 0.478. The van der Waals surface area contributed by atoms with Crippen LogP contribution in [0, 0.1) is 5.41 Å². The van der Waals surface area contributed by atoms with Gasteiger partial charge >= 0.3 is 0 Å². The topological polar surface area (TPSA) is 0 Å². The molecule has 1 unspecified atom stereocenters. The van der Waals surface area contributed by atoms with Crippen molar-refractivity contribution in [2.75, 3.05) is 12.3 Å². The van der Waals surface area contributed by atoms with Crippen LogP contribution in [-0.2, 0) is 0 Å². The van der Waals surface area contributed by atoms with E-state index in [2.05, 4.69) is 27.7 Å². The van der Waals surface area contributed by atoms with Gasteiger partial charge in [-0.1, -0.05) is 40.5 Å². The van der Waals surface area contributed by atoms with Crippen molar-refractivity contribution in [3.63, 3.8) is 0 Å². The lowest BCUT2D eigenvalue weighted by Gasteiger charge is -2.17. The third-order valence-corrected chi connectivity index (χ3v) is 3.63. The van der Waals surface area contributed by atoms with Crippen LogP contribution in [0.25, 0.3) is 0 Å². The Balaban J connectivity index is 3.02. The van der Waals surface area contributed by atoms with Gasteiger partial charge in [0.05, 0.1) is 0 Å². The van der Waals surface area contributed by atoms with Crippen molar-refractivity contribution in [2.24, 2.45) is 5.41 Å². The molecule has 0 aromatic carbocycles. The SMILES string of the molecule is CCCCCPCC(C)(C)C. The van der Waals surface area contributed by atoms with E-state index < -0.39 is 0 Å². The summed E-state index contributed by atoms with van der Waals surface area (Å²) in [6.45, 7) is 9.27. The van der Waals surface area contributed by atoms with E-state index in [-0.39, 0.29) is 0 Å². The average molecular weight is 174 g/mol. The minimum atomic E-state index is 0.560. The molecule has 0 aliphatic rings. The second-order valence-corrected chi connectivity index (χ2v) is 5.80. The van der Waals surface area contributed by atoms with Crippen LogP contribution in [0.1, 0.15) is 47.0 Å². The summed E-state index contributed by atoms with van der Waals surface area (Å²) in [5.74, 6) is 0. The second-order valence-electron chi connectivity index (χ2n) is 4.44. The van der Waals surface area contributed by atoms with Crippen molar-refractivity contribution >= 4 is 8.58 Å². The maximum Gasteiger partial charge on any atom is -0.0304 e. The number of hydrogen-bond acceptors (Lipinski definition) is 0. The Kier molecular flexibility index (Phi) is 6.24. The van der Waals surface area contributed by atoms with E-state index in [0.717, 1.165) is 0 Å². The van der Waals surface area contributed by atoms with Gasteiger partial charge in [0, 0.05) is 0 Å². The standard InChI is InChI=1S/C10H23P/c1-5-6-7-8-11-9-10(2,3)4/h11H,5-9H2,1-4H3. The van der Waals surface area contributed by atoms with E-state index in [1.165, 1.54) is 40.2 Å². The van der Waals surface area contributed by atoms with Crippen molar-refractivity contribution in [3.05, 3.63) is 0 Å². The fourth-order valence-corrected chi connectivity index (χ4v) is 2.39. The lowest BCUT2D eigenvalue weighted by atomic mass is 10.0. The molecule has 0 N–H and O–H groups in total. The van der Waals surface area contributed by atoms with Gasteiger partial charge in [-0.05, 0) is 24.2 Å². The first-order chi connectivity index (χ1) is 5.06. The van der Waals surface area contributed by atoms with Crippen molar-refractivity contribution in [2.45, 2.75) is 47.0 Å². The maximum atomic E-state index is 2.33. The molecular weight excluding hydrogens is 151 g/mol. The lowest BCUT2D eigenvalue weighted by Crippen LogP contribution is -2.07. The second kappa shape index (κ2) is 6.00. The summed E-state index contributed by atoms with van der Waals surface area (Å²) in [6, 6.07) is 0. The molecule has 0 rings (SSSR count). The molecule has 0 amide bonds. The third-order valence-electron chi connectivity index (χ3n) is 1.61. The normalized spacial score (nSPS) is 13.1. The number of hydrogen-bond donors (Lipinski definition) is 0. The molecule has 0 saturated heterocycles. The molecule has 0 saturated carbocycles. The predicted molar refractivity (Wildman–Crippen MR) is 57.0 cm³/mol. The highest BCUT2D eigenvalue weighted by atomic mass is 31.1. The Bertz CT molecular complexity index is 81.4. The van der Waals surface area contributed by atoms with Crippen LogP contribution in [0.5, 0.6) is 0 Å². The summed E-state index contributed by atoms with van der Waals surface area (Å²) < 4.78 is 0. The van der Waals surface area contributed by atoms with Crippen LogP contribution in [-0.4, -0.2) is 12.3 Å². The molecule has 1 atom stereocenters. The molecule has 0 radical (unpaired) electrons. The monoisotopic (exact) mass is 174 g/mol. The van der Waals surface area contributed by atoms with Crippen molar-refractivity contribution < 1.29 is 0 Å². The van der Waals surface area contributed by atoms with Gasteiger partial charge in [0.2, 0.25) is 0 Å². The van der Waals surface area contributed by atoms with E-state index in [1.54, 1.807) is 0 Å². The Morgan fingerprint density at radius 1 is 1.09 bits per heavy atom. The van der Waals surface area contributed by atoms with Crippen LogP contribution >= 0.6 is 8.58 Å². The highest BCUT2D eigenvalue weighted by Gasteiger charge is 2.08. The van der Waals surface area contributed by atoms with E-state index >= 15 is 0 Å². The van der Waals surface area contributed by atoms with Gasteiger partial charge in [0.25, 0.3) is 0 Å². The molecule has 0 aromatic rings. The van der Waals surface area contributed by atoms with E-state index in [0.29, 0.717) is 5.41 Å². The molecule has 0 bridgehead atoms. The Labute approximate surface area is 73.9 Å². The highest BCUT2D eigenvalue weighted by molar-refractivity contribution is 7.38. The molecule has 1 heteroatoms. The number of unbranched alkanes of at least 4 members (excludes halogenated alkanes) is 2. The zero-order chi connectivity index (χ0) is 8.74. The molecule has 0 aliphatic carbocycles. The molecular formula is C10H23P. The third kappa shape index (κ3) is 10.4. The molecule has 0 heterocycles. The summed E-state index contributed by atoms with van der Waals surface area (Å²) in [5, 5.41) is 0. The summed E-state index contributed by atoms with van der Waals surface area (Å²) in [4.78, 5) is 0. The molecule has 0 aliphatic heterocycles. The summed E-state index contributed by atoms with van der Waals surface area (Å²) in [6.07, 6.45) is 7.12. The molecule has 11 heavy (non-hydrogen) atoms. The summed E-state index contributed by atoms with van der Waals surface area (Å²) >= 11 is 0. The van der Waals surface area contributed by atoms with Gasteiger partial charge < -0.3 is 0 Å².